The summed E-state index contributed by atoms with van der Waals surface area (Å²) in [6.07, 6.45) is 5.22. The van der Waals surface area contributed by atoms with Crippen molar-refractivity contribution in [3.8, 4) is 6.07 Å². The van der Waals surface area contributed by atoms with Gasteiger partial charge in [-0.3, -0.25) is 4.90 Å². The van der Waals surface area contributed by atoms with Gasteiger partial charge in [0.25, 0.3) is 0 Å². The Kier molecular flexibility index (Phi) is 4.53. The van der Waals surface area contributed by atoms with E-state index in [2.05, 4.69) is 27.1 Å². The lowest BCUT2D eigenvalue weighted by Crippen LogP contribution is -2.43. The third-order valence-electron chi connectivity index (χ3n) is 3.59. The van der Waals surface area contributed by atoms with Crippen LogP contribution in [-0.4, -0.2) is 40.5 Å². The minimum Gasteiger partial charge on any atom is -0.382 e. The van der Waals surface area contributed by atoms with Gasteiger partial charge in [0, 0.05) is 12.6 Å². The Morgan fingerprint density at radius 3 is 3.11 bits per heavy atom. The van der Waals surface area contributed by atoms with E-state index in [-0.39, 0.29) is 5.82 Å². The van der Waals surface area contributed by atoms with Crippen LogP contribution in [-0.2, 0) is 0 Å². The zero-order valence-corrected chi connectivity index (χ0v) is 11.3. The average Bonchev–Trinajstić information content (AvgIpc) is 2.45. The molecule has 1 saturated heterocycles. The first-order chi connectivity index (χ1) is 9.24. The van der Waals surface area contributed by atoms with Crippen molar-refractivity contribution >= 4 is 11.8 Å². The maximum absolute atomic E-state index is 8.77. The fourth-order valence-corrected chi connectivity index (χ4v) is 2.48. The molecule has 0 aliphatic carbocycles. The van der Waals surface area contributed by atoms with Crippen molar-refractivity contribution in [3.05, 3.63) is 11.8 Å². The summed E-state index contributed by atoms with van der Waals surface area (Å²) in [5.74, 6) is 0.731. The number of nitrogens with one attached hydrogen (secondary N) is 1. The Hall–Kier alpha value is -1.87. The number of likely N-dealkylation sites (N-methyl/N-ethyl adjacent to an activating group) is 1. The molecular weight excluding hydrogens is 240 g/mol. The molecule has 0 unspecified atom stereocenters. The van der Waals surface area contributed by atoms with Gasteiger partial charge in [0.2, 0.25) is 5.95 Å². The van der Waals surface area contributed by atoms with Crippen LogP contribution < -0.4 is 11.1 Å². The normalized spacial score (nSPS) is 19.9. The third kappa shape index (κ3) is 3.32. The van der Waals surface area contributed by atoms with E-state index in [0.717, 1.165) is 13.1 Å². The van der Waals surface area contributed by atoms with E-state index in [1.165, 1.54) is 32.0 Å². The van der Waals surface area contributed by atoms with Gasteiger partial charge in [0.05, 0.1) is 6.20 Å². The molecule has 6 nitrogen and oxygen atoms in total. The Morgan fingerprint density at radius 2 is 2.42 bits per heavy atom. The average molecular weight is 260 g/mol. The van der Waals surface area contributed by atoms with Gasteiger partial charge in [-0.05, 0) is 25.9 Å². The number of nitrogen functional groups attached to an aromatic ring is 1. The molecule has 1 atom stereocenters. The van der Waals surface area contributed by atoms with Crippen LogP contribution in [0.5, 0.6) is 0 Å². The standard InChI is InChI=1S/C13H20N6/c1-2-19-6-4-3-5-11(19)9-17-13-16-8-10(7-14)12(15)18-13/h8,11H,2-6,9H2,1H3,(H3,15,16,17,18)/t11-/m0/s1. The van der Waals surface area contributed by atoms with E-state index in [4.69, 9.17) is 11.0 Å². The summed E-state index contributed by atoms with van der Waals surface area (Å²) in [4.78, 5) is 10.7. The number of hydrogen-bond acceptors (Lipinski definition) is 6. The second kappa shape index (κ2) is 6.34. The number of likely N-dealkylation sites (tertiary alicyclic amines) is 1. The second-order valence-electron chi connectivity index (χ2n) is 4.76. The topological polar surface area (TPSA) is 90.9 Å². The number of hydrogen-bond donors (Lipinski definition) is 2. The quantitative estimate of drug-likeness (QED) is 0.845. The largest absolute Gasteiger partial charge is 0.382 e. The van der Waals surface area contributed by atoms with Crippen LogP contribution in [0, 0.1) is 11.3 Å². The lowest BCUT2D eigenvalue weighted by Gasteiger charge is -2.34. The van der Waals surface area contributed by atoms with Crippen molar-refractivity contribution in [1.29, 1.82) is 5.26 Å². The van der Waals surface area contributed by atoms with Crippen LogP contribution in [0.25, 0.3) is 0 Å². The monoisotopic (exact) mass is 260 g/mol. The maximum Gasteiger partial charge on any atom is 0.224 e. The highest BCUT2D eigenvalue weighted by atomic mass is 15.2. The number of nitriles is 1. The van der Waals surface area contributed by atoms with Gasteiger partial charge in [0.1, 0.15) is 17.5 Å². The smallest absolute Gasteiger partial charge is 0.224 e. The number of nitrogens with zero attached hydrogens (tertiary/aromatic N) is 4. The van der Waals surface area contributed by atoms with Gasteiger partial charge in [-0.2, -0.15) is 10.2 Å². The maximum atomic E-state index is 8.77. The highest BCUT2D eigenvalue weighted by molar-refractivity contribution is 5.49. The van der Waals surface area contributed by atoms with Crippen molar-refractivity contribution in [1.82, 2.24) is 14.9 Å². The predicted octanol–water partition coefficient (Wildman–Crippen LogP) is 1.22. The summed E-state index contributed by atoms with van der Waals surface area (Å²) in [6.45, 7) is 5.25. The van der Waals surface area contributed by atoms with Crippen molar-refractivity contribution in [2.45, 2.75) is 32.2 Å². The summed E-state index contributed by atoms with van der Waals surface area (Å²) in [5.41, 5.74) is 5.99. The first kappa shape index (κ1) is 13.6. The molecule has 19 heavy (non-hydrogen) atoms. The van der Waals surface area contributed by atoms with E-state index < -0.39 is 0 Å². The van der Waals surface area contributed by atoms with Gasteiger partial charge in [0.15, 0.2) is 0 Å². The summed E-state index contributed by atoms with van der Waals surface area (Å²) < 4.78 is 0. The molecule has 6 heteroatoms. The minimum atomic E-state index is 0.232. The van der Waals surface area contributed by atoms with E-state index in [1.807, 2.05) is 6.07 Å². The van der Waals surface area contributed by atoms with Gasteiger partial charge in [-0.25, -0.2) is 4.98 Å². The third-order valence-corrected chi connectivity index (χ3v) is 3.59. The van der Waals surface area contributed by atoms with Gasteiger partial charge in [-0.15, -0.1) is 0 Å². The Balaban J connectivity index is 1.94. The number of piperidine rings is 1. The lowest BCUT2D eigenvalue weighted by atomic mass is 10.0. The zero-order chi connectivity index (χ0) is 13.7. The summed E-state index contributed by atoms with van der Waals surface area (Å²) in [6, 6.07) is 2.49. The summed E-state index contributed by atoms with van der Waals surface area (Å²) in [5, 5.41) is 12.0. The Morgan fingerprint density at radius 1 is 1.58 bits per heavy atom. The molecule has 0 radical (unpaired) electrons. The molecule has 0 spiro atoms. The summed E-state index contributed by atoms with van der Waals surface area (Å²) >= 11 is 0. The molecule has 1 fully saturated rings. The first-order valence-electron chi connectivity index (χ1n) is 6.75. The summed E-state index contributed by atoms with van der Waals surface area (Å²) in [7, 11) is 0. The van der Waals surface area contributed by atoms with Crippen molar-refractivity contribution in [3.63, 3.8) is 0 Å². The van der Waals surface area contributed by atoms with Crippen LogP contribution in [0.1, 0.15) is 31.7 Å². The molecule has 0 bridgehead atoms. The molecule has 2 heterocycles. The highest BCUT2D eigenvalue weighted by Gasteiger charge is 2.20. The zero-order valence-electron chi connectivity index (χ0n) is 11.3. The number of aromatic nitrogens is 2. The highest BCUT2D eigenvalue weighted by Crippen LogP contribution is 2.17. The van der Waals surface area contributed by atoms with Crippen molar-refractivity contribution in [2.75, 3.05) is 30.7 Å². The molecule has 0 amide bonds. The molecule has 0 aromatic carbocycles. The van der Waals surface area contributed by atoms with Crippen LogP contribution in [0.2, 0.25) is 0 Å². The van der Waals surface area contributed by atoms with E-state index in [9.17, 15) is 0 Å². The van der Waals surface area contributed by atoms with E-state index in [1.54, 1.807) is 0 Å². The molecule has 1 aliphatic rings. The molecule has 1 aromatic rings. The fourth-order valence-electron chi connectivity index (χ4n) is 2.48. The molecule has 3 N–H and O–H groups in total. The van der Waals surface area contributed by atoms with Gasteiger partial charge < -0.3 is 11.1 Å². The number of nitrogens with two attached hydrogens (primary N) is 1. The van der Waals surface area contributed by atoms with E-state index in [0.29, 0.717) is 17.6 Å². The van der Waals surface area contributed by atoms with Gasteiger partial charge in [-0.1, -0.05) is 13.3 Å². The molecular formula is C13H20N6. The van der Waals surface area contributed by atoms with Gasteiger partial charge >= 0.3 is 0 Å². The fraction of sp³-hybridized carbons (Fsp3) is 0.615. The predicted molar refractivity (Wildman–Crippen MR) is 74.5 cm³/mol. The Bertz CT molecular complexity index is 467. The van der Waals surface area contributed by atoms with Crippen LogP contribution >= 0.6 is 0 Å². The molecule has 1 aromatic heterocycles. The Labute approximate surface area is 113 Å². The van der Waals surface area contributed by atoms with Crippen LogP contribution in [0.15, 0.2) is 6.20 Å². The lowest BCUT2D eigenvalue weighted by molar-refractivity contribution is 0.164. The minimum absolute atomic E-state index is 0.232. The van der Waals surface area contributed by atoms with Crippen LogP contribution in [0.4, 0.5) is 11.8 Å². The second-order valence-corrected chi connectivity index (χ2v) is 4.76. The van der Waals surface area contributed by atoms with E-state index >= 15 is 0 Å². The number of anilines is 2. The number of rotatable bonds is 4. The SMILES string of the molecule is CCN1CCCC[C@H]1CNc1ncc(C#N)c(N)n1. The van der Waals surface area contributed by atoms with Crippen molar-refractivity contribution < 1.29 is 0 Å². The molecule has 102 valence electrons. The molecule has 2 rings (SSSR count). The first-order valence-corrected chi connectivity index (χ1v) is 6.75. The molecule has 1 aliphatic heterocycles. The van der Waals surface area contributed by atoms with Crippen LogP contribution in [0.3, 0.4) is 0 Å². The van der Waals surface area contributed by atoms with Crippen molar-refractivity contribution in [2.24, 2.45) is 0 Å². The molecule has 0 saturated carbocycles.